The maximum Gasteiger partial charge on any atom is 0.323 e. The quantitative estimate of drug-likeness (QED) is 0.505. The minimum Gasteiger partial charge on any atom is -0.480 e. The Balaban J connectivity index is 2.01. The van der Waals surface area contributed by atoms with E-state index in [1.807, 2.05) is 41.1 Å². The van der Waals surface area contributed by atoms with E-state index in [0.29, 0.717) is 11.4 Å². The zero-order valence-electron chi connectivity index (χ0n) is 12.6. The predicted octanol–water partition coefficient (Wildman–Crippen LogP) is 3.11. The molecule has 0 unspecified atom stereocenters. The lowest BCUT2D eigenvalue weighted by Gasteiger charge is -2.10. The number of hydrogen-bond donors (Lipinski definition) is 1. The van der Waals surface area contributed by atoms with Crippen LogP contribution < -0.4 is 0 Å². The molecular weight excluding hydrogens is 344 g/mol. The van der Waals surface area contributed by atoms with Crippen molar-refractivity contribution in [3.05, 3.63) is 53.6 Å². The second-order valence-corrected chi connectivity index (χ2v) is 6.88. The Bertz CT molecular complexity index is 898. The molecule has 2 heterocycles. The number of carbonyl (C=O) groups excluding carboxylic acids is 1. The van der Waals surface area contributed by atoms with Crippen LogP contribution in [0.3, 0.4) is 0 Å². The second-order valence-electron chi connectivity index (χ2n) is 5.20. The van der Waals surface area contributed by atoms with Crippen molar-refractivity contribution in [1.29, 1.82) is 0 Å². The van der Waals surface area contributed by atoms with Crippen molar-refractivity contribution < 1.29 is 14.7 Å². The molecule has 0 spiro atoms. The van der Waals surface area contributed by atoms with Gasteiger partial charge in [-0.15, -0.1) is 6.58 Å². The van der Waals surface area contributed by atoms with Gasteiger partial charge >= 0.3 is 5.97 Å². The highest BCUT2D eigenvalue weighted by Gasteiger charge is 2.33. The summed E-state index contributed by atoms with van der Waals surface area (Å²) in [7, 11) is 0. The highest BCUT2D eigenvalue weighted by molar-refractivity contribution is 8.26. The van der Waals surface area contributed by atoms with Gasteiger partial charge in [-0.05, 0) is 12.1 Å². The fraction of sp³-hybridized carbons (Fsp3) is 0.118. The lowest BCUT2D eigenvalue weighted by molar-refractivity contribution is -0.140. The molecule has 3 rings (SSSR count). The fourth-order valence-electron chi connectivity index (χ4n) is 2.59. The number of amides is 1. The van der Waals surface area contributed by atoms with Gasteiger partial charge < -0.3 is 9.67 Å². The first kappa shape index (κ1) is 16.5. The van der Waals surface area contributed by atoms with Crippen LogP contribution in [-0.4, -0.2) is 37.3 Å². The summed E-state index contributed by atoms with van der Waals surface area (Å²) in [5.74, 6) is -1.46. The Morgan fingerprint density at radius 1 is 1.38 bits per heavy atom. The van der Waals surface area contributed by atoms with E-state index in [0.717, 1.165) is 33.1 Å². The van der Waals surface area contributed by atoms with E-state index in [-0.39, 0.29) is 10.2 Å². The van der Waals surface area contributed by atoms with Crippen molar-refractivity contribution in [1.82, 2.24) is 9.47 Å². The molecule has 0 bridgehead atoms. The Morgan fingerprint density at radius 3 is 2.83 bits per heavy atom. The molecule has 0 aliphatic carbocycles. The van der Waals surface area contributed by atoms with Crippen LogP contribution in [0.4, 0.5) is 0 Å². The van der Waals surface area contributed by atoms with E-state index < -0.39 is 12.5 Å². The van der Waals surface area contributed by atoms with Crippen LogP contribution in [0.15, 0.2) is 48.0 Å². The maximum atomic E-state index is 12.4. The lowest BCUT2D eigenvalue weighted by atomic mass is 10.1. The first-order valence-electron chi connectivity index (χ1n) is 7.17. The maximum absolute atomic E-state index is 12.4. The van der Waals surface area contributed by atoms with Gasteiger partial charge in [-0.1, -0.05) is 48.3 Å². The van der Waals surface area contributed by atoms with Crippen molar-refractivity contribution in [2.45, 2.75) is 6.54 Å². The van der Waals surface area contributed by atoms with Crippen LogP contribution in [0.1, 0.15) is 5.56 Å². The standard InChI is InChI=1S/C17H14N2O3S2/c1-2-7-18-9-11(12-5-3-4-6-13(12)18)8-14-16(22)19(10-15(20)21)17(23)24-14/h2-6,8-9H,1,7,10H2,(H,20,21)/b14-8+. The van der Waals surface area contributed by atoms with Crippen molar-refractivity contribution in [2.75, 3.05) is 6.54 Å². The number of aliphatic carboxylic acids is 1. The fourth-order valence-corrected chi connectivity index (χ4v) is 3.84. The summed E-state index contributed by atoms with van der Waals surface area (Å²) < 4.78 is 2.31. The molecule has 1 aliphatic rings. The highest BCUT2D eigenvalue weighted by atomic mass is 32.2. The summed E-state index contributed by atoms with van der Waals surface area (Å²) in [6, 6.07) is 7.89. The van der Waals surface area contributed by atoms with Gasteiger partial charge in [-0.2, -0.15) is 0 Å². The summed E-state index contributed by atoms with van der Waals surface area (Å²) >= 11 is 6.24. The molecule has 24 heavy (non-hydrogen) atoms. The van der Waals surface area contributed by atoms with E-state index in [2.05, 4.69) is 6.58 Å². The lowest BCUT2D eigenvalue weighted by Crippen LogP contribution is -2.33. The zero-order chi connectivity index (χ0) is 17.3. The number of carboxylic acids is 1. The molecule has 1 fully saturated rings. The Labute approximate surface area is 148 Å². The van der Waals surface area contributed by atoms with Gasteiger partial charge in [-0.3, -0.25) is 14.5 Å². The molecule has 5 nitrogen and oxygen atoms in total. The number of thioether (sulfide) groups is 1. The smallest absolute Gasteiger partial charge is 0.323 e. The average Bonchev–Trinajstić information content (AvgIpc) is 3.01. The third-order valence-corrected chi connectivity index (χ3v) is 4.98. The largest absolute Gasteiger partial charge is 0.480 e. The van der Waals surface area contributed by atoms with E-state index in [1.54, 1.807) is 6.08 Å². The molecular formula is C17H14N2O3S2. The number of rotatable bonds is 5. The number of nitrogens with zero attached hydrogens (tertiary/aromatic N) is 2. The van der Waals surface area contributed by atoms with Gasteiger partial charge in [0.15, 0.2) is 0 Å². The third kappa shape index (κ3) is 3.00. The van der Waals surface area contributed by atoms with Crippen LogP contribution >= 0.6 is 24.0 Å². The molecule has 122 valence electrons. The molecule has 7 heteroatoms. The number of allylic oxidation sites excluding steroid dienone is 1. The van der Waals surface area contributed by atoms with E-state index >= 15 is 0 Å². The average molecular weight is 358 g/mol. The van der Waals surface area contributed by atoms with Crippen molar-refractivity contribution in [2.24, 2.45) is 0 Å². The Hall–Kier alpha value is -2.38. The SMILES string of the molecule is C=CCn1cc(/C=C2/SC(=S)N(CC(=O)O)C2=O)c2ccccc21. The number of carboxylic acid groups (broad SMARTS) is 1. The van der Waals surface area contributed by atoms with Gasteiger partial charge in [0.1, 0.15) is 10.9 Å². The van der Waals surface area contributed by atoms with Crippen molar-refractivity contribution in [3.63, 3.8) is 0 Å². The Kier molecular flexibility index (Phi) is 4.55. The number of hydrogen-bond acceptors (Lipinski definition) is 4. The first-order chi connectivity index (χ1) is 11.5. The molecule has 0 atom stereocenters. The number of benzene rings is 1. The monoisotopic (exact) mass is 358 g/mol. The molecule has 1 aromatic heterocycles. The van der Waals surface area contributed by atoms with Crippen molar-refractivity contribution in [3.8, 4) is 0 Å². The second kappa shape index (κ2) is 6.62. The van der Waals surface area contributed by atoms with Crippen LogP contribution in [0.2, 0.25) is 0 Å². The molecule has 0 radical (unpaired) electrons. The molecule has 1 saturated heterocycles. The summed E-state index contributed by atoms with van der Waals surface area (Å²) in [5, 5.41) is 9.91. The number of fused-ring (bicyclic) bond motifs is 1. The number of carbonyl (C=O) groups is 2. The zero-order valence-corrected chi connectivity index (χ0v) is 14.3. The minimum absolute atomic E-state index is 0.267. The van der Waals surface area contributed by atoms with Crippen LogP contribution in [0, 0.1) is 0 Å². The molecule has 0 saturated carbocycles. The number of thiocarbonyl (C=S) groups is 1. The Morgan fingerprint density at radius 2 is 2.12 bits per heavy atom. The van der Waals surface area contributed by atoms with E-state index in [1.165, 1.54) is 0 Å². The van der Waals surface area contributed by atoms with Crippen LogP contribution in [-0.2, 0) is 16.1 Å². The van der Waals surface area contributed by atoms with Gasteiger partial charge in [0.25, 0.3) is 5.91 Å². The number of aromatic nitrogens is 1. The first-order valence-corrected chi connectivity index (χ1v) is 8.39. The molecule has 1 aromatic carbocycles. The van der Waals surface area contributed by atoms with Crippen molar-refractivity contribution >= 4 is 57.2 Å². The number of para-hydroxylation sites is 1. The van der Waals surface area contributed by atoms with E-state index in [4.69, 9.17) is 17.3 Å². The summed E-state index contributed by atoms with van der Waals surface area (Å²) in [6.07, 6.45) is 5.53. The molecule has 2 aromatic rings. The summed E-state index contributed by atoms with van der Waals surface area (Å²) in [5.41, 5.74) is 1.94. The predicted molar refractivity (Wildman–Crippen MR) is 99.6 cm³/mol. The van der Waals surface area contributed by atoms with Gasteiger partial charge in [0.05, 0.1) is 4.91 Å². The van der Waals surface area contributed by atoms with Crippen LogP contribution in [0.5, 0.6) is 0 Å². The topological polar surface area (TPSA) is 62.5 Å². The molecule has 1 aliphatic heterocycles. The van der Waals surface area contributed by atoms with Gasteiger partial charge in [-0.25, -0.2) is 0 Å². The summed E-state index contributed by atoms with van der Waals surface area (Å²) in [6.45, 7) is 4.01. The van der Waals surface area contributed by atoms with Crippen LogP contribution in [0.25, 0.3) is 17.0 Å². The minimum atomic E-state index is -1.09. The molecule has 1 N–H and O–H groups in total. The third-order valence-electron chi connectivity index (χ3n) is 3.60. The van der Waals surface area contributed by atoms with Gasteiger partial charge in [0.2, 0.25) is 0 Å². The highest BCUT2D eigenvalue weighted by Crippen LogP contribution is 2.34. The summed E-state index contributed by atoms with van der Waals surface area (Å²) in [4.78, 5) is 24.8. The van der Waals surface area contributed by atoms with Gasteiger partial charge in [0, 0.05) is 29.2 Å². The molecule has 1 amide bonds. The normalized spacial score (nSPS) is 16.3. The van der Waals surface area contributed by atoms with E-state index in [9.17, 15) is 9.59 Å².